The Kier molecular flexibility index (Phi) is 8.85. The third-order valence-corrected chi connectivity index (χ3v) is 25.0. The van der Waals surface area contributed by atoms with Crippen LogP contribution in [0.5, 0.6) is 0 Å². The molecule has 9 heterocycles. The predicted octanol–water partition coefficient (Wildman–Crippen LogP) is 16.4. The van der Waals surface area contributed by atoms with Crippen molar-refractivity contribution in [2.45, 2.75) is 26.2 Å². The van der Waals surface area contributed by atoms with E-state index in [1.807, 2.05) is 0 Å². The van der Waals surface area contributed by atoms with E-state index in [-0.39, 0.29) is 0 Å². The highest BCUT2D eigenvalue weighted by molar-refractivity contribution is 7.08. The highest BCUT2D eigenvalue weighted by Crippen LogP contribution is 2.39. The molecule has 0 fully saturated rings. The topological polar surface area (TPSA) is 17.6 Å². The minimum atomic E-state index is -2.06. The van der Waals surface area contributed by atoms with Crippen molar-refractivity contribution in [1.82, 2.24) is 17.6 Å². The smallest absolute Gasteiger partial charge is 0.119 e. The molecule has 10 aromatic carbocycles. The second-order valence-electron chi connectivity index (χ2n) is 22.9. The molecule has 17 aromatic rings. The third-order valence-electron chi connectivity index (χ3n) is 17.9. The van der Waals surface area contributed by atoms with Gasteiger partial charge in [-0.1, -0.05) is 190 Å². The standard InChI is InChI=1S/2C36H26N2Si/c1-39(2)35-29-16-3-5-18-31(29)37-27-14-8-12-25(21-27)23-10-7-11-24(20-23)26-13-9-15-28(22-26)38-32-19-6-4-17-30(32)36(39)34(38)33(35)37;1-39(2)35-29-13-3-5-15-31(29)37-27-11-7-9-25(21-27)23-17-19-24(20-18-23)26-10-8-12-28(22-26)38-32-16-6-4-14-30(32)36(39)34(38)33(35)37/h2*3-22H,1-2H3. The first-order valence-electron chi connectivity index (χ1n) is 27.4. The highest BCUT2D eigenvalue weighted by Gasteiger charge is 2.43. The molecule has 0 unspecified atom stereocenters. The number of rotatable bonds is 0. The summed E-state index contributed by atoms with van der Waals surface area (Å²) in [6.07, 6.45) is 0. The van der Waals surface area contributed by atoms with Gasteiger partial charge in [0, 0.05) is 43.6 Å². The Balaban J connectivity index is 0.000000126. The molecule has 19 rings (SSSR count). The maximum absolute atomic E-state index is 2.55. The summed E-state index contributed by atoms with van der Waals surface area (Å²) in [4.78, 5) is 0. The second kappa shape index (κ2) is 15.7. The molecule has 6 heteroatoms. The zero-order valence-electron chi connectivity index (χ0n) is 43.9. The molecule has 0 amide bonds. The van der Waals surface area contributed by atoms with Crippen LogP contribution in [0.15, 0.2) is 243 Å². The molecule has 0 saturated heterocycles. The van der Waals surface area contributed by atoms with Crippen LogP contribution in [0.3, 0.4) is 0 Å². The number of fused-ring (bicyclic) bond motifs is 22. The fourth-order valence-electron chi connectivity index (χ4n) is 14.7. The summed E-state index contributed by atoms with van der Waals surface area (Å²) in [6, 6.07) is 90.5. The number of hydrogen-bond donors (Lipinski definition) is 0. The zero-order valence-corrected chi connectivity index (χ0v) is 45.9. The van der Waals surface area contributed by atoms with E-state index < -0.39 is 16.1 Å². The van der Waals surface area contributed by atoms with Crippen LogP contribution in [0.1, 0.15) is 0 Å². The minimum absolute atomic E-state index is 1.22. The fraction of sp³-hybridized carbons (Fsp3) is 0.0556. The lowest BCUT2D eigenvalue weighted by atomic mass is 10.1. The van der Waals surface area contributed by atoms with Crippen LogP contribution in [-0.2, 0) is 0 Å². The molecule has 0 N–H and O–H groups in total. The molecule has 78 heavy (non-hydrogen) atoms. The third kappa shape index (κ3) is 5.83. The summed E-state index contributed by atoms with van der Waals surface area (Å²) < 4.78 is 10.2. The number of hydrogen-bond acceptors (Lipinski definition) is 0. The van der Waals surface area contributed by atoms with Gasteiger partial charge in [0.15, 0.2) is 0 Å². The zero-order chi connectivity index (χ0) is 51.8. The van der Waals surface area contributed by atoms with E-state index >= 15 is 0 Å². The molecule has 0 saturated carbocycles. The number of nitrogens with zero attached hydrogens (tertiary/aromatic N) is 4. The van der Waals surface area contributed by atoms with Gasteiger partial charge in [0.1, 0.15) is 16.1 Å². The summed E-state index contributed by atoms with van der Waals surface area (Å²) in [5, 5.41) is 21.7. The molecular weight excluding hydrogens is 977 g/mol. The first kappa shape index (κ1) is 44.0. The van der Waals surface area contributed by atoms with Gasteiger partial charge in [-0.25, -0.2) is 0 Å². The summed E-state index contributed by atoms with van der Waals surface area (Å²) in [7, 11) is -4.11. The monoisotopic (exact) mass is 1030 g/mol. The van der Waals surface area contributed by atoms with E-state index in [1.54, 1.807) is 20.7 Å². The molecule has 12 bridgehead atoms. The molecule has 0 radical (unpaired) electrons. The molecule has 4 nitrogen and oxygen atoms in total. The minimum Gasteiger partial charge on any atom is -0.308 e. The maximum Gasteiger partial charge on any atom is 0.119 e. The Morgan fingerprint density at radius 3 is 0.731 bits per heavy atom. The van der Waals surface area contributed by atoms with Crippen molar-refractivity contribution < 1.29 is 0 Å². The van der Waals surface area contributed by atoms with E-state index in [0.29, 0.717) is 0 Å². The van der Waals surface area contributed by atoms with Crippen LogP contribution in [0.4, 0.5) is 0 Å². The average molecular weight is 1030 g/mol. The first-order valence-corrected chi connectivity index (χ1v) is 33.4. The number of aromatic nitrogens is 4. The van der Waals surface area contributed by atoms with Crippen molar-refractivity contribution >= 4 is 168 Å². The first-order chi connectivity index (χ1) is 38.2. The molecule has 0 spiro atoms. The fourth-order valence-corrected chi connectivity index (χ4v) is 22.1. The largest absolute Gasteiger partial charge is 0.308 e. The van der Waals surface area contributed by atoms with Crippen molar-refractivity contribution in [3.8, 4) is 0 Å². The molecule has 0 aliphatic carbocycles. The Morgan fingerprint density at radius 1 is 0.218 bits per heavy atom. The van der Waals surface area contributed by atoms with Crippen LogP contribution in [0.2, 0.25) is 26.2 Å². The van der Waals surface area contributed by atoms with E-state index in [9.17, 15) is 0 Å². The van der Waals surface area contributed by atoms with Gasteiger partial charge in [0.2, 0.25) is 0 Å². The van der Waals surface area contributed by atoms with Gasteiger partial charge in [-0.05, 0) is 143 Å². The summed E-state index contributed by atoms with van der Waals surface area (Å²) in [6.45, 7) is 10.2. The Hall–Kier alpha value is -9.21. The molecule has 7 aromatic heterocycles. The number of para-hydroxylation sites is 4. The summed E-state index contributed by atoms with van der Waals surface area (Å²) in [5.74, 6) is 0. The number of benzene rings is 10. The van der Waals surface area contributed by atoms with Crippen LogP contribution < -0.4 is 20.7 Å². The predicted molar refractivity (Wildman–Crippen MR) is 341 cm³/mol. The van der Waals surface area contributed by atoms with Gasteiger partial charge in [0.25, 0.3) is 0 Å². The van der Waals surface area contributed by atoms with Gasteiger partial charge >= 0.3 is 0 Å². The second-order valence-corrected chi connectivity index (χ2v) is 31.4. The van der Waals surface area contributed by atoms with E-state index in [2.05, 4.69) is 286 Å². The molecule has 2 aliphatic rings. The van der Waals surface area contributed by atoms with Crippen molar-refractivity contribution in [2.75, 3.05) is 0 Å². The van der Waals surface area contributed by atoms with Crippen LogP contribution >= 0.6 is 0 Å². The normalized spacial score (nSPS) is 14.1. The average Bonchev–Trinajstić information content (AvgIpc) is 3.78. The summed E-state index contributed by atoms with van der Waals surface area (Å²) >= 11 is 0. The molecule has 0 atom stereocenters. The highest BCUT2D eigenvalue weighted by atomic mass is 28.3. The summed E-state index contributed by atoms with van der Waals surface area (Å²) in [5.41, 5.74) is 15.5. The molecule has 2 aliphatic heterocycles. The Labute approximate surface area is 451 Å². The van der Waals surface area contributed by atoms with E-state index in [0.717, 1.165) is 0 Å². The quantitative estimate of drug-likeness (QED) is 0.135. The lowest BCUT2D eigenvalue weighted by Crippen LogP contribution is -2.49. The maximum atomic E-state index is 2.55. The van der Waals surface area contributed by atoms with Gasteiger partial charge < -0.3 is 17.6 Å². The molecular formula is C72H52N4Si2. The van der Waals surface area contributed by atoms with Gasteiger partial charge in [-0.15, -0.1) is 0 Å². The van der Waals surface area contributed by atoms with Crippen molar-refractivity contribution in [3.63, 3.8) is 0 Å². The van der Waals surface area contributed by atoms with Crippen molar-refractivity contribution in [1.29, 1.82) is 0 Å². The van der Waals surface area contributed by atoms with E-state index in [1.165, 1.54) is 131 Å². The lowest BCUT2D eigenvalue weighted by molar-refractivity contribution is 1.30. The van der Waals surface area contributed by atoms with Gasteiger partial charge in [-0.3, -0.25) is 0 Å². The lowest BCUT2D eigenvalue weighted by Gasteiger charge is -2.18. The van der Waals surface area contributed by atoms with Crippen LogP contribution in [-0.4, -0.2) is 33.8 Å². The SMILES string of the molecule is C[Si]1(C)c2c3ccccc3n3c4cccc(c4)c4ccc(cc4)c4cccc(c4)n4c5ccccc5c1c4c23.C[Si]1(C)c2c3ccccc3n3c4cccc(c4)c4cccc(c4)c4cccc(c4)n4c5ccccc5c1c4c23. The Morgan fingerprint density at radius 2 is 0.449 bits per heavy atom. The van der Waals surface area contributed by atoms with Crippen molar-refractivity contribution in [2.24, 2.45) is 0 Å². The van der Waals surface area contributed by atoms with Crippen LogP contribution in [0.25, 0.3) is 131 Å². The van der Waals surface area contributed by atoms with E-state index in [4.69, 9.17) is 0 Å². The molecule has 368 valence electrons. The van der Waals surface area contributed by atoms with Gasteiger partial charge in [0.05, 0.1) is 44.1 Å². The van der Waals surface area contributed by atoms with Crippen molar-refractivity contribution in [3.05, 3.63) is 243 Å². The van der Waals surface area contributed by atoms with Gasteiger partial charge in [-0.2, -0.15) is 0 Å². The van der Waals surface area contributed by atoms with Crippen LogP contribution in [0, 0.1) is 0 Å². The Bertz CT molecular complexity index is 5120.